The molecule has 0 saturated carbocycles. The molecule has 0 fully saturated rings. The minimum absolute atomic E-state index is 0. The third-order valence-corrected chi connectivity index (χ3v) is 11.7. The van der Waals surface area contributed by atoms with Gasteiger partial charge in [0.25, 0.3) is 11.8 Å². The number of aryl methyl sites for hydroxylation is 2. The zero-order valence-electron chi connectivity index (χ0n) is 52.4. The molecule has 0 unspecified atom stereocenters. The number of carbonyl (C=O) groups is 2. The van der Waals surface area contributed by atoms with E-state index in [-0.39, 0.29) is 96.1 Å². The fourth-order valence-corrected chi connectivity index (χ4v) is 7.34. The Morgan fingerprint density at radius 3 is 0.921 bits per heavy atom. The molecule has 5 aromatic carbocycles. The van der Waals surface area contributed by atoms with Gasteiger partial charge in [0, 0.05) is 158 Å². The molecule has 16 nitrogen and oxygen atoms in total. The summed E-state index contributed by atoms with van der Waals surface area (Å²) in [5.74, 6) is 0.437. The molecule has 0 atom stereocenters. The van der Waals surface area contributed by atoms with Crippen LogP contribution >= 0.6 is 0 Å². The number of hydrogen-bond acceptors (Lipinski definition) is 10. The summed E-state index contributed by atoms with van der Waals surface area (Å²) in [5, 5.41) is 34.1. The van der Waals surface area contributed by atoms with Crippen LogP contribution in [0, 0.1) is 24.3 Å². The van der Waals surface area contributed by atoms with Gasteiger partial charge in [0.15, 0.2) is 56.8 Å². The molecule has 9 rings (SSSR count). The molecule has 0 aliphatic carbocycles. The minimum Gasteiger partial charge on any atom is -0.338 e. The molecule has 89 heavy (non-hydrogen) atoms. The van der Waals surface area contributed by atoms with Crippen molar-refractivity contribution in [3.63, 3.8) is 0 Å². The molecular formula is C69H80N14O2W4. The van der Waals surface area contributed by atoms with E-state index in [0.29, 0.717) is 43.1 Å². The molecule has 0 spiro atoms. The van der Waals surface area contributed by atoms with Crippen LogP contribution in [-0.2, 0) is 110 Å². The SMILES string of the molecule is CC.CC.CC.CC.CN(CC[n+]1ccc(N=Nc2cc[c-]cc2)cc1)C(=O)c1ccc(C(=O)N(C)CC[n+]2ccccc2N=Nc2cc[c-]cc2)cc1.[W].[W].[W].[W].[c-]1ccc(N=Nc2cc[n+](CCC[n+]3ccc(N=Nc4cc[c-]cc4)cc3)cc2)cc1. The number of amides is 2. The first-order chi connectivity index (χ1) is 41.8. The van der Waals surface area contributed by atoms with Gasteiger partial charge < -0.3 is 9.80 Å². The number of aromatic nitrogens is 4. The van der Waals surface area contributed by atoms with Crippen LogP contribution in [0.15, 0.2) is 260 Å². The van der Waals surface area contributed by atoms with Gasteiger partial charge in [-0.2, -0.15) is 103 Å². The topological polar surface area (TPSA) is 155 Å². The van der Waals surface area contributed by atoms with Crippen LogP contribution in [-0.4, -0.2) is 48.8 Å². The summed E-state index contributed by atoms with van der Waals surface area (Å²) in [7, 11) is 3.53. The Morgan fingerprint density at radius 1 is 0.337 bits per heavy atom. The first kappa shape index (κ1) is 81.8. The number of azo groups is 4. The largest absolute Gasteiger partial charge is 0.350 e. The maximum Gasteiger partial charge on any atom is 0.350 e. The van der Waals surface area contributed by atoms with E-state index in [1.165, 1.54) is 0 Å². The van der Waals surface area contributed by atoms with Crippen molar-refractivity contribution >= 4 is 57.4 Å². The van der Waals surface area contributed by atoms with Crippen LogP contribution in [0.25, 0.3) is 0 Å². The molecule has 4 aromatic heterocycles. The van der Waals surface area contributed by atoms with Gasteiger partial charge in [-0.3, -0.25) is 9.59 Å². The molecule has 0 saturated heterocycles. The van der Waals surface area contributed by atoms with E-state index in [2.05, 4.69) is 74.3 Å². The van der Waals surface area contributed by atoms with E-state index in [9.17, 15) is 9.59 Å². The van der Waals surface area contributed by atoms with Gasteiger partial charge in [-0.15, -0.1) is 48.5 Å². The van der Waals surface area contributed by atoms with Crippen LogP contribution in [0.3, 0.4) is 0 Å². The minimum atomic E-state index is -0.130. The summed E-state index contributed by atoms with van der Waals surface area (Å²) in [6, 6.07) is 65.3. The Balaban J connectivity index is 0.00000158. The van der Waals surface area contributed by atoms with Crippen molar-refractivity contribution in [2.75, 3.05) is 27.2 Å². The quantitative estimate of drug-likeness (QED) is 0.0423. The Bertz CT molecular complexity index is 3300. The molecule has 0 N–H and O–H groups in total. The maximum absolute atomic E-state index is 13.1. The fourth-order valence-electron chi connectivity index (χ4n) is 7.34. The van der Waals surface area contributed by atoms with Crippen molar-refractivity contribution in [2.45, 2.75) is 88.0 Å². The normalized spacial score (nSPS) is 10.0. The van der Waals surface area contributed by atoms with E-state index in [4.69, 9.17) is 0 Å². The first-order valence-electron chi connectivity index (χ1n) is 28.9. The second-order valence-electron chi connectivity index (χ2n) is 17.4. The van der Waals surface area contributed by atoms with E-state index < -0.39 is 0 Å². The maximum atomic E-state index is 13.1. The summed E-state index contributed by atoms with van der Waals surface area (Å²) < 4.78 is 8.23. The van der Waals surface area contributed by atoms with Gasteiger partial charge in [-0.1, -0.05) is 66.6 Å². The van der Waals surface area contributed by atoms with Crippen molar-refractivity contribution in [2.24, 2.45) is 40.9 Å². The second-order valence-corrected chi connectivity index (χ2v) is 17.4. The average Bonchev–Trinajstić information content (AvgIpc) is 3.37. The number of carbonyl (C=O) groups excluding carboxylic acids is 2. The Morgan fingerprint density at radius 2 is 0.607 bits per heavy atom. The van der Waals surface area contributed by atoms with Crippen LogP contribution < -0.4 is 18.3 Å². The molecule has 462 valence electrons. The summed E-state index contributed by atoms with van der Waals surface area (Å²) in [4.78, 5) is 29.5. The van der Waals surface area contributed by atoms with Gasteiger partial charge in [-0.05, 0) is 47.4 Å². The molecule has 9 aromatic rings. The van der Waals surface area contributed by atoms with Crippen molar-refractivity contribution in [1.82, 2.24) is 9.80 Å². The fraction of sp³-hybridized carbons (Fsp3) is 0.246. The molecule has 0 aliphatic rings. The van der Waals surface area contributed by atoms with Crippen molar-refractivity contribution in [1.29, 1.82) is 0 Å². The van der Waals surface area contributed by atoms with E-state index >= 15 is 0 Å². The van der Waals surface area contributed by atoms with Crippen LogP contribution in [0.2, 0.25) is 0 Å². The van der Waals surface area contributed by atoms with Gasteiger partial charge in [0.1, 0.15) is 6.54 Å². The number of nitrogens with zero attached hydrogens (tertiary/aromatic N) is 14. The molecule has 20 heteroatoms. The summed E-state index contributed by atoms with van der Waals surface area (Å²) in [5.41, 5.74) is 6.57. The summed E-state index contributed by atoms with van der Waals surface area (Å²) in [6.07, 6.45) is 14.9. The average molecular weight is 1870 g/mol. The van der Waals surface area contributed by atoms with Gasteiger partial charge >= 0.3 is 5.82 Å². The predicted octanol–water partition coefficient (Wildman–Crippen LogP) is 16.1. The molecule has 0 aliphatic heterocycles. The van der Waals surface area contributed by atoms with Crippen molar-refractivity contribution < 1.29 is 112 Å². The monoisotopic (exact) mass is 1870 g/mol. The Kier molecular flexibility index (Phi) is 45.6. The molecule has 0 radical (unpaired) electrons. The van der Waals surface area contributed by atoms with Crippen LogP contribution in [0.4, 0.5) is 45.6 Å². The Labute approximate surface area is 585 Å². The first-order valence-corrected chi connectivity index (χ1v) is 28.9. The van der Waals surface area contributed by atoms with E-state index in [0.717, 1.165) is 59.3 Å². The molecule has 0 bridgehead atoms. The molecule has 2 amide bonds. The number of benzene rings is 5. The van der Waals surface area contributed by atoms with Crippen LogP contribution in [0.1, 0.15) is 82.5 Å². The number of rotatable bonds is 20. The zero-order valence-corrected chi connectivity index (χ0v) is 64.2. The Hall–Kier alpha value is -7.21. The van der Waals surface area contributed by atoms with E-state index in [1.54, 1.807) is 72.4 Å². The van der Waals surface area contributed by atoms with Gasteiger partial charge in [-0.25, -0.2) is 18.3 Å². The molecular weight excluding hydrogens is 1790 g/mol. The van der Waals surface area contributed by atoms with E-state index in [1.807, 2.05) is 235 Å². The standard InChI is InChI=1S/C36H34N8O2.C25H22N6.4C2H6.4W/c1-41(25-27-43-23-20-33(21-24-43)38-37-31-11-5-3-6-12-31)35(45)29-16-18-30(19-17-29)36(46)42(2)26-28-44-22-10-9-15-34(44)40-39-32-13-7-4-8-14-32;1-3-8-22(9-4-1)26-28-24-12-18-30(19-13-24)16-7-17-31-20-14-25(15-21-31)29-27-23-10-5-2-6-11-23;4*1-2;;;;/h5-24H,25-28H2,1-2H3;3-6,8-15,18-21H,7,16-17H2;4*1-2H3;;;;. The van der Waals surface area contributed by atoms with Gasteiger partial charge in [0.05, 0.1) is 47.9 Å². The third kappa shape index (κ3) is 30.7. The summed E-state index contributed by atoms with van der Waals surface area (Å²) in [6.45, 7) is 20.0. The number of pyridine rings is 4. The molecule has 4 heterocycles. The van der Waals surface area contributed by atoms with Crippen LogP contribution in [0.5, 0.6) is 0 Å². The van der Waals surface area contributed by atoms with Crippen molar-refractivity contribution in [3.8, 4) is 0 Å². The van der Waals surface area contributed by atoms with Crippen molar-refractivity contribution in [3.05, 3.63) is 255 Å². The summed E-state index contributed by atoms with van der Waals surface area (Å²) >= 11 is 0. The zero-order chi connectivity index (χ0) is 61.3. The second kappa shape index (κ2) is 49.6. The number of likely N-dealkylation sites (N-methyl/N-ethyl adjacent to an activating group) is 2. The predicted molar refractivity (Wildman–Crippen MR) is 335 cm³/mol. The third-order valence-electron chi connectivity index (χ3n) is 11.7. The number of hydrogen-bond donors (Lipinski definition) is 0. The smallest absolute Gasteiger partial charge is 0.338 e. The van der Waals surface area contributed by atoms with Gasteiger partial charge in [0.2, 0.25) is 0 Å².